The van der Waals surface area contributed by atoms with Gasteiger partial charge in [-0.05, 0) is 57.5 Å². The average molecular weight is 453 g/mol. The Kier molecular flexibility index (Phi) is 5.80. The van der Waals surface area contributed by atoms with Gasteiger partial charge >= 0.3 is 0 Å². The lowest BCUT2D eigenvalue weighted by Gasteiger charge is -2.20. The minimum Gasteiger partial charge on any atom is -0.485 e. The molecule has 0 saturated carbocycles. The minimum absolute atomic E-state index is 0.142. The molecule has 2 N–H and O–H groups in total. The molecular formula is C25H26F2N4O2. The molecule has 0 radical (unpaired) electrons. The van der Waals surface area contributed by atoms with Gasteiger partial charge in [0.05, 0.1) is 17.0 Å². The zero-order chi connectivity index (χ0) is 23.9. The number of ether oxygens (including phenoxy) is 1. The van der Waals surface area contributed by atoms with Gasteiger partial charge in [-0.1, -0.05) is 6.07 Å². The molecule has 8 heteroatoms. The van der Waals surface area contributed by atoms with E-state index in [-0.39, 0.29) is 17.7 Å². The van der Waals surface area contributed by atoms with Gasteiger partial charge in [0.1, 0.15) is 18.2 Å². The highest BCUT2D eigenvalue weighted by atomic mass is 19.1. The van der Waals surface area contributed by atoms with Gasteiger partial charge in [0.2, 0.25) is 0 Å². The third kappa shape index (κ3) is 4.66. The lowest BCUT2D eigenvalue weighted by Crippen LogP contribution is -2.40. The minimum atomic E-state index is -0.663. The molecule has 0 atom stereocenters. The highest BCUT2D eigenvalue weighted by molar-refractivity contribution is 5.70. The van der Waals surface area contributed by atoms with Crippen LogP contribution in [0.15, 0.2) is 53.6 Å². The van der Waals surface area contributed by atoms with Crippen molar-refractivity contribution >= 4 is 5.65 Å². The summed E-state index contributed by atoms with van der Waals surface area (Å²) in [6.45, 7) is 7.56. The van der Waals surface area contributed by atoms with Crippen LogP contribution in [-0.4, -0.2) is 19.5 Å². The number of pyridine rings is 2. The maximum atomic E-state index is 14.0. The van der Waals surface area contributed by atoms with Crippen LogP contribution in [-0.2, 0) is 13.2 Å². The molecule has 0 saturated heterocycles. The Morgan fingerprint density at radius 1 is 1.09 bits per heavy atom. The van der Waals surface area contributed by atoms with Gasteiger partial charge in [-0.15, -0.1) is 0 Å². The van der Waals surface area contributed by atoms with Gasteiger partial charge < -0.3 is 15.0 Å². The molecule has 0 amide bonds. The fraction of sp³-hybridized carbons (Fsp3) is 0.280. The molecule has 3 aromatic heterocycles. The molecule has 0 spiro atoms. The molecule has 4 rings (SSSR count). The summed E-state index contributed by atoms with van der Waals surface area (Å²) >= 11 is 0. The molecule has 0 bridgehead atoms. The zero-order valence-corrected chi connectivity index (χ0v) is 19.0. The number of aromatic nitrogens is 3. The van der Waals surface area contributed by atoms with E-state index in [1.807, 2.05) is 38.3 Å². The topological polar surface area (TPSA) is 74.5 Å². The van der Waals surface area contributed by atoms with Crippen molar-refractivity contribution in [3.8, 4) is 17.0 Å². The van der Waals surface area contributed by atoms with Gasteiger partial charge in [-0.25, -0.2) is 13.8 Å². The molecule has 3 heterocycles. The van der Waals surface area contributed by atoms with Crippen LogP contribution in [0, 0.1) is 25.5 Å². The quantitative estimate of drug-likeness (QED) is 0.471. The maximum Gasteiger partial charge on any atom is 0.250 e. The first-order valence-corrected chi connectivity index (χ1v) is 10.6. The summed E-state index contributed by atoms with van der Waals surface area (Å²) in [6, 6.07) is 8.74. The molecule has 0 unspecified atom stereocenters. The highest BCUT2D eigenvalue weighted by Crippen LogP contribution is 2.30. The molecule has 0 fully saturated rings. The van der Waals surface area contributed by atoms with Crippen molar-refractivity contribution in [3.63, 3.8) is 0 Å². The molecular weight excluding hydrogens is 426 g/mol. The van der Waals surface area contributed by atoms with Crippen molar-refractivity contribution < 1.29 is 13.5 Å². The summed E-state index contributed by atoms with van der Waals surface area (Å²) < 4.78 is 37.4. The Balaban J connectivity index is 1.78. The van der Waals surface area contributed by atoms with E-state index in [0.29, 0.717) is 17.9 Å². The van der Waals surface area contributed by atoms with Crippen molar-refractivity contribution in [2.45, 2.75) is 46.4 Å². The van der Waals surface area contributed by atoms with E-state index >= 15 is 0 Å². The normalized spacial score (nSPS) is 11.8. The van der Waals surface area contributed by atoms with Gasteiger partial charge in [0, 0.05) is 36.1 Å². The Morgan fingerprint density at radius 3 is 2.45 bits per heavy atom. The van der Waals surface area contributed by atoms with E-state index in [2.05, 4.69) is 4.98 Å². The molecule has 1 aromatic carbocycles. The summed E-state index contributed by atoms with van der Waals surface area (Å²) in [5, 5.41) is 0. The van der Waals surface area contributed by atoms with Crippen LogP contribution in [0.25, 0.3) is 16.9 Å². The second-order valence-corrected chi connectivity index (χ2v) is 8.98. The Morgan fingerprint density at radius 2 is 1.79 bits per heavy atom. The number of nitrogens with two attached hydrogens (primary N) is 1. The van der Waals surface area contributed by atoms with Crippen LogP contribution in [0.2, 0.25) is 0 Å². The monoisotopic (exact) mass is 452 g/mol. The first kappa shape index (κ1) is 22.7. The number of imidazole rings is 1. The fourth-order valence-corrected chi connectivity index (χ4v) is 3.87. The van der Waals surface area contributed by atoms with Crippen molar-refractivity contribution in [2.75, 3.05) is 0 Å². The zero-order valence-electron chi connectivity index (χ0n) is 19.0. The Bertz CT molecular complexity index is 1380. The number of aryl methyl sites for hydroxylation is 2. The van der Waals surface area contributed by atoms with Crippen LogP contribution in [0.3, 0.4) is 0 Å². The predicted molar refractivity (Wildman–Crippen MR) is 123 cm³/mol. The highest BCUT2D eigenvalue weighted by Gasteiger charge is 2.19. The smallest absolute Gasteiger partial charge is 0.250 e. The second kappa shape index (κ2) is 8.44. The van der Waals surface area contributed by atoms with Crippen molar-refractivity contribution in [1.82, 2.24) is 14.0 Å². The standard InChI is InChI=1S/C25H26F2N4O2/c1-15-10-21(33-13-18-19(26)6-5-7-20(18)27)24-29-16(2)23(31(24)11-15)17-8-9-22(32)30(12-17)14-25(3,4)28/h5-12H,13-14,28H2,1-4H3. The summed E-state index contributed by atoms with van der Waals surface area (Å²) in [5.41, 5.74) is 8.97. The Hall–Kier alpha value is -3.52. The summed E-state index contributed by atoms with van der Waals surface area (Å²) in [6.07, 6.45) is 3.68. The van der Waals surface area contributed by atoms with Crippen LogP contribution >= 0.6 is 0 Å². The lowest BCUT2D eigenvalue weighted by molar-refractivity contribution is 0.294. The van der Waals surface area contributed by atoms with E-state index in [9.17, 15) is 13.6 Å². The number of nitrogens with zero attached hydrogens (tertiary/aromatic N) is 3. The lowest BCUT2D eigenvalue weighted by atomic mass is 10.1. The average Bonchev–Trinajstić information content (AvgIpc) is 3.04. The summed E-state index contributed by atoms with van der Waals surface area (Å²) in [4.78, 5) is 17.0. The third-order valence-corrected chi connectivity index (χ3v) is 5.27. The van der Waals surface area contributed by atoms with Crippen LogP contribution in [0.4, 0.5) is 8.78 Å². The second-order valence-electron chi connectivity index (χ2n) is 8.98. The van der Waals surface area contributed by atoms with E-state index in [1.54, 1.807) is 22.9 Å². The third-order valence-electron chi connectivity index (χ3n) is 5.27. The molecule has 0 aliphatic heterocycles. The van der Waals surface area contributed by atoms with Gasteiger partial charge in [0.25, 0.3) is 5.56 Å². The fourth-order valence-electron chi connectivity index (χ4n) is 3.87. The number of hydrogen-bond donors (Lipinski definition) is 1. The van der Waals surface area contributed by atoms with Crippen molar-refractivity contribution in [1.29, 1.82) is 0 Å². The molecule has 4 aromatic rings. The summed E-state index contributed by atoms with van der Waals surface area (Å²) in [5.74, 6) is -0.920. The van der Waals surface area contributed by atoms with Gasteiger partial charge in [-0.3, -0.25) is 9.20 Å². The predicted octanol–water partition coefficient (Wildman–Crippen LogP) is 4.37. The molecule has 6 nitrogen and oxygen atoms in total. The Labute approximate surface area is 190 Å². The number of rotatable bonds is 6. The van der Waals surface area contributed by atoms with Gasteiger partial charge in [0.15, 0.2) is 11.4 Å². The number of hydrogen-bond acceptors (Lipinski definition) is 4. The molecule has 33 heavy (non-hydrogen) atoms. The van der Waals surface area contributed by atoms with E-state index in [0.717, 1.165) is 22.5 Å². The summed E-state index contributed by atoms with van der Waals surface area (Å²) in [7, 11) is 0. The SMILES string of the molecule is Cc1cc(OCc2c(F)cccc2F)c2nc(C)c(-c3ccc(=O)n(CC(C)(C)N)c3)n2c1. The van der Waals surface area contributed by atoms with E-state index < -0.39 is 17.2 Å². The van der Waals surface area contributed by atoms with Crippen LogP contribution in [0.1, 0.15) is 30.7 Å². The number of halogens is 2. The van der Waals surface area contributed by atoms with E-state index in [4.69, 9.17) is 10.5 Å². The van der Waals surface area contributed by atoms with Crippen LogP contribution in [0.5, 0.6) is 5.75 Å². The largest absolute Gasteiger partial charge is 0.485 e. The molecule has 0 aliphatic carbocycles. The van der Waals surface area contributed by atoms with Crippen molar-refractivity contribution in [2.24, 2.45) is 5.73 Å². The maximum absolute atomic E-state index is 14.0. The first-order valence-electron chi connectivity index (χ1n) is 10.6. The van der Waals surface area contributed by atoms with E-state index in [1.165, 1.54) is 24.3 Å². The molecule has 172 valence electrons. The first-order chi connectivity index (χ1) is 15.5. The number of benzene rings is 1. The number of fused-ring (bicyclic) bond motifs is 1. The van der Waals surface area contributed by atoms with Crippen molar-refractivity contribution in [3.05, 3.63) is 87.6 Å². The van der Waals surface area contributed by atoms with Gasteiger partial charge in [-0.2, -0.15) is 0 Å². The molecule has 0 aliphatic rings. The van der Waals surface area contributed by atoms with Crippen LogP contribution < -0.4 is 16.0 Å².